The number of amides is 1. The summed E-state index contributed by atoms with van der Waals surface area (Å²) in [5, 5.41) is 2.27. The summed E-state index contributed by atoms with van der Waals surface area (Å²) in [5.41, 5.74) is -0.802. The number of hydrogen-bond acceptors (Lipinski definition) is 1. The van der Waals surface area contributed by atoms with E-state index in [1.54, 1.807) is 0 Å². The van der Waals surface area contributed by atoms with Crippen LogP contribution in [0.2, 0.25) is 0 Å². The molecular formula is C9H7BrF3NO. The average molecular weight is 282 g/mol. The molecule has 0 saturated heterocycles. The fourth-order valence-corrected chi connectivity index (χ4v) is 1.52. The number of nitrogens with one attached hydrogen (secondary N) is 1. The Morgan fingerprint density at radius 1 is 1.47 bits per heavy atom. The maximum atomic E-state index is 13.1. The Morgan fingerprint density at radius 3 is 2.53 bits per heavy atom. The Hall–Kier alpha value is -1.04. The normalized spacial score (nSPS) is 10.5. The number of rotatable bonds is 2. The van der Waals surface area contributed by atoms with E-state index >= 15 is 0 Å². The van der Waals surface area contributed by atoms with Gasteiger partial charge < -0.3 is 5.32 Å². The first-order valence-corrected chi connectivity index (χ1v) is 4.75. The minimum Gasteiger partial charge on any atom is -0.355 e. The van der Waals surface area contributed by atoms with Crippen LogP contribution in [0.3, 0.4) is 0 Å². The molecule has 0 fully saturated rings. The van der Waals surface area contributed by atoms with E-state index in [9.17, 15) is 18.0 Å². The van der Waals surface area contributed by atoms with Gasteiger partial charge in [0.05, 0.1) is 10.0 Å². The maximum Gasteiger partial charge on any atom is 0.266 e. The van der Waals surface area contributed by atoms with Crippen molar-refractivity contribution in [1.29, 1.82) is 0 Å². The molecule has 0 aliphatic carbocycles. The predicted molar refractivity (Wildman–Crippen MR) is 52.4 cm³/mol. The van der Waals surface area contributed by atoms with Gasteiger partial charge in [0.1, 0.15) is 5.82 Å². The summed E-state index contributed by atoms with van der Waals surface area (Å²) < 4.78 is 37.7. The first-order valence-electron chi connectivity index (χ1n) is 3.96. The van der Waals surface area contributed by atoms with E-state index in [2.05, 4.69) is 21.2 Å². The van der Waals surface area contributed by atoms with E-state index < -0.39 is 23.7 Å². The van der Waals surface area contributed by atoms with Gasteiger partial charge in [-0.2, -0.15) is 0 Å². The minimum atomic E-state index is -2.95. The van der Waals surface area contributed by atoms with Crippen LogP contribution in [0.5, 0.6) is 0 Å². The SMILES string of the molecule is CNC(=O)c1cc(Br)c(F)c(C(F)F)c1. The van der Waals surface area contributed by atoms with E-state index in [0.29, 0.717) is 0 Å². The zero-order chi connectivity index (χ0) is 11.6. The minimum absolute atomic E-state index is 0.0129. The Morgan fingerprint density at radius 2 is 2.07 bits per heavy atom. The summed E-state index contributed by atoms with van der Waals surface area (Å²) in [6, 6.07) is 1.99. The molecule has 82 valence electrons. The summed E-state index contributed by atoms with van der Waals surface area (Å²) in [4.78, 5) is 11.2. The lowest BCUT2D eigenvalue weighted by atomic mass is 10.1. The number of benzene rings is 1. The molecule has 0 unspecified atom stereocenters. The van der Waals surface area contributed by atoms with E-state index in [1.165, 1.54) is 7.05 Å². The Balaban J connectivity index is 3.29. The summed E-state index contributed by atoms with van der Waals surface area (Å²) in [6.45, 7) is 0. The standard InChI is InChI=1S/C9H7BrF3NO/c1-14-9(15)4-2-5(8(12)13)7(11)6(10)3-4/h2-3,8H,1H3,(H,14,15). The molecule has 1 rings (SSSR count). The lowest BCUT2D eigenvalue weighted by Gasteiger charge is -2.07. The zero-order valence-corrected chi connectivity index (χ0v) is 9.24. The predicted octanol–water partition coefficient (Wildman–Crippen LogP) is 2.89. The Labute approximate surface area is 92.6 Å². The highest BCUT2D eigenvalue weighted by atomic mass is 79.9. The van der Waals surface area contributed by atoms with Crippen LogP contribution in [0, 0.1) is 5.82 Å². The van der Waals surface area contributed by atoms with Crippen LogP contribution in [-0.4, -0.2) is 13.0 Å². The molecule has 1 aromatic rings. The van der Waals surface area contributed by atoms with Gasteiger partial charge in [0.2, 0.25) is 0 Å². The van der Waals surface area contributed by atoms with Crippen molar-refractivity contribution in [3.05, 3.63) is 33.5 Å². The van der Waals surface area contributed by atoms with Gasteiger partial charge in [0.25, 0.3) is 12.3 Å². The van der Waals surface area contributed by atoms with Crippen LogP contribution >= 0.6 is 15.9 Å². The van der Waals surface area contributed by atoms with Crippen molar-refractivity contribution < 1.29 is 18.0 Å². The van der Waals surface area contributed by atoms with Crippen LogP contribution in [-0.2, 0) is 0 Å². The third-order valence-electron chi connectivity index (χ3n) is 1.78. The molecule has 0 spiro atoms. The van der Waals surface area contributed by atoms with Gasteiger partial charge in [-0.3, -0.25) is 4.79 Å². The second kappa shape index (κ2) is 4.65. The number of halogens is 4. The maximum absolute atomic E-state index is 13.1. The van der Waals surface area contributed by atoms with E-state index in [1.807, 2.05) is 0 Å². The van der Waals surface area contributed by atoms with E-state index in [-0.39, 0.29) is 10.0 Å². The molecule has 1 aromatic carbocycles. The Kier molecular flexibility index (Phi) is 3.73. The average Bonchev–Trinajstić information content (AvgIpc) is 2.20. The van der Waals surface area contributed by atoms with Crippen molar-refractivity contribution >= 4 is 21.8 Å². The zero-order valence-electron chi connectivity index (χ0n) is 7.65. The van der Waals surface area contributed by atoms with Gasteiger partial charge >= 0.3 is 0 Å². The molecule has 1 amide bonds. The smallest absolute Gasteiger partial charge is 0.266 e. The molecule has 0 aliphatic heterocycles. The number of carbonyl (C=O) groups excluding carboxylic acids is 1. The van der Waals surface area contributed by atoms with Crippen molar-refractivity contribution in [2.75, 3.05) is 7.05 Å². The first-order chi connectivity index (χ1) is 6.97. The van der Waals surface area contributed by atoms with Crippen LogP contribution in [0.1, 0.15) is 22.3 Å². The van der Waals surface area contributed by atoms with Crippen molar-refractivity contribution in [3.63, 3.8) is 0 Å². The van der Waals surface area contributed by atoms with Gasteiger partial charge in [-0.15, -0.1) is 0 Å². The van der Waals surface area contributed by atoms with E-state index in [0.717, 1.165) is 12.1 Å². The molecule has 0 aliphatic rings. The van der Waals surface area contributed by atoms with Crippen molar-refractivity contribution in [2.24, 2.45) is 0 Å². The second-order valence-corrected chi connectivity index (χ2v) is 3.60. The molecule has 0 radical (unpaired) electrons. The van der Waals surface area contributed by atoms with Gasteiger partial charge in [0, 0.05) is 12.6 Å². The molecule has 15 heavy (non-hydrogen) atoms. The molecule has 0 atom stereocenters. The summed E-state index contributed by atoms with van der Waals surface area (Å²) >= 11 is 2.77. The summed E-state index contributed by atoms with van der Waals surface area (Å²) in [5.74, 6) is -1.59. The van der Waals surface area contributed by atoms with Crippen LogP contribution in [0.25, 0.3) is 0 Å². The topological polar surface area (TPSA) is 29.1 Å². The fourth-order valence-electron chi connectivity index (χ4n) is 1.04. The molecular weight excluding hydrogens is 275 g/mol. The van der Waals surface area contributed by atoms with Gasteiger partial charge in [-0.1, -0.05) is 0 Å². The van der Waals surface area contributed by atoms with Gasteiger partial charge in [-0.25, -0.2) is 13.2 Å². The highest BCUT2D eigenvalue weighted by molar-refractivity contribution is 9.10. The van der Waals surface area contributed by atoms with Crippen molar-refractivity contribution in [1.82, 2.24) is 5.32 Å². The van der Waals surface area contributed by atoms with Crippen molar-refractivity contribution in [2.45, 2.75) is 6.43 Å². The van der Waals surface area contributed by atoms with Gasteiger partial charge in [0.15, 0.2) is 0 Å². The van der Waals surface area contributed by atoms with Crippen LogP contribution in [0.4, 0.5) is 13.2 Å². The molecule has 2 nitrogen and oxygen atoms in total. The number of alkyl halides is 2. The fraction of sp³-hybridized carbons (Fsp3) is 0.222. The molecule has 6 heteroatoms. The molecule has 1 N–H and O–H groups in total. The lowest BCUT2D eigenvalue weighted by Crippen LogP contribution is -2.18. The van der Waals surface area contributed by atoms with E-state index in [4.69, 9.17) is 0 Å². The highest BCUT2D eigenvalue weighted by Gasteiger charge is 2.19. The molecule has 0 aromatic heterocycles. The first kappa shape index (κ1) is 12.0. The summed E-state index contributed by atoms with van der Waals surface area (Å²) in [6.07, 6.45) is -2.95. The van der Waals surface area contributed by atoms with Crippen LogP contribution in [0.15, 0.2) is 16.6 Å². The molecule has 0 saturated carbocycles. The highest BCUT2D eigenvalue weighted by Crippen LogP contribution is 2.28. The number of carbonyl (C=O) groups is 1. The van der Waals surface area contributed by atoms with Gasteiger partial charge in [-0.05, 0) is 28.1 Å². The largest absolute Gasteiger partial charge is 0.355 e. The second-order valence-electron chi connectivity index (χ2n) is 2.74. The third-order valence-corrected chi connectivity index (χ3v) is 2.36. The van der Waals surface area contributed by atoms with Crippen LogP contribution < -0.4 is 5.32 Å². The lowest BCUT2D eigenvalue weighted by molar-refractivity contribution is 0.0962. The number of hydrogen-bond donors (Lipinski definition) is 1. The van der Waals surface area contributed by atoms with Crippen molar-refractivity contribution in [3.8, 4) is 0 Å². The quantitative estimate of drug-likeness (QED) is 0.887. The third kappa shape index (κ3) is 2.50. The monoisotopic (exact) mass is 281 g/mol. The molecule has 0 bridgehead atoms. The Bertz CT molecular complexity index is 395. The molecule has 0 heterocycles. The summed E-state index contributed by atoms with van der Waals surface area (Å²) in [7, 11) is 1.36.